The van der Waals surface area contributed by atoms with Crippen molar-refractivity contribution in [3.63, 3.8) is 0 Å². The van der Waals surface area contributed by atoms with Gasteiger partial charge in [-0.2, -0.15) is 0 Å². The van der Waals surface area contributed by atoms with E-state index in [0.29, 0.717) is 5.69 Å². The van der Waals surface area contributed by atoms with E-state index in [1.165, 1.54) is 24.5 Å². The largest absolute Gasteiger partial charge is 0.338 e. The molecule has 4 N–H and O–H groups in total. The van der Waals surface area contributed by atoms with Gasteiger partial charge in [-0.25, -0.2) is 13.1 Å². The van der Waals surface area contributed by atoms with E-state index in [1.807, 2.05) is 0 Å². The van der Waals surface area contributed by atoms with E-state index in [9.17, 15) is 8.42 Å². The first kappa shape index (κ1) is 12.3. The number of anilines is 2. The van der Waals surface area contributed by atoms with Crippen LogP contribution in [0.25, 0.3) is 0 Å². The van der Waals surface area contributed by atoms with Crippen molar-refractivity contribution in [2.24, 2.45) is 5.84 Å². The summed E-state index contributed by atoms with van der Waals surface area (Å²) in [7, 11) is -3.83. The first-order valence-corrected chi connectivity index (χ1v) is 6.38. The fraction of sp³-hybridized carbons (Fsp3) is 0.111. The van der Waals surface area contributed by atoms with E-state index >= 15 is 0 Å². The van der Waals surface area contributed by atoms with Gasteiger partial charge in [-0.15, -0.1) is 0 Å². The Morgan fingerprint density at radius 3 is 2.83 bits per heavy atom. The van der Waals surface area contributed by atoms with Gasteiger partial charge in [0.25, 0.3) is 10.0 Å². The molecule has 0 saturated carbocycles. The molecule has 2 rings (SSSR count). The number of aryl methyl sites for hydroxylation is 1. The maximum absolute atomic E-state index is 12.1. The van der Waals surface area contributed by atoms with Gasteiger partial charge in [0.15, 0.2) is 0 Å². The Morgan fingerprint density at radius 1 is 1.44 bits per heavy atom. The van der Waals surface area contributed by atoms with E-state index in [0.717, 1.165) is 0 Å². The molecule has 0 radical (unpaired) electrons. The molecule has 18 heavy (non-hydrogen) atoms. The minimum Gasteiger partial charge on any atom is -0.338 e. The van der Waals surface area contributed by atoms with Gasteiger partial charge in [-0.05, 0) is 13.0 Å². The van der Waals surface area contributed by atoms with E-state index in [2.05, 4.69) is 20.3 Å². The number of hydrazine groups is 1. The number of nitrogen functional groups attached to an aromatic ring is 1. The standard InChI is InChI=1S/C9H11N5O3S/c1-6-4-9(17-13-6)14-18(15,16)8-5-11-3-2-7(8)12-10/h2-5,14H,10H2,1H3,(H,11,12). The lowest BCUT2D eigenvalue weighted by Gasteiger charge is -2.08. The van der Waals surface area contributed by atoms with Crippen molar-refractivity contribution in [1.29, 1.82) is 0 Å². The SMILES string of the molecule is Cc1cc(NS(=O)(=O)c2cnccc2NN)on1. The summed E-state index contributed by atoms with van der Waals surface area (Å²) in [4.78, 5) is 3.66. The van der Waals surface area contributed by atoms with Gasteiger partial charge in [0.2, 0.25) is 5.88 Å². The fourth-order valence-corrected chi connectivity index (χ4v) is 2.40. The van der Waals surface area contributed by atoms with Crippen molar-refractivity contribution in [2.75, 3.05) is 10.1 Å². The molecular weight excluding hydrogens is 258 g/mol. The van der Waals surface area contributed by atoms with Gasteiger partial charge in [-0.3, -0.25) is 10.8 Å². The number of nitrogens with two attached hydrogens (primary N) is 1. The van der Waals surface area contributed by atoms with Crippen LogP contribution in [-0.2, 0) is 10.0 Å². The van der Waals surface area contributed by atoms with E-state index in [4.69, 9.17) is 10.4 Å². The van der Waals surface area contributed by atoms with Crippen LogP contribution in [0.3, 0.4) is 0 Å². The third kappa shape index (κ3) is 2.41. The molecular formula is C9H11N5O3S. The average molecular weight is 269 g/mol. The summed E-state index contributed by atoms with van der Waals surface area (Å²) in [5, 5.41) is 3.58. The Kier molecular flexibility index (Phi) is 3.17. The van der Waals surface area contributed by atoms with Gasteiger partial charge in [0.1, 0.15) is 4.90 Å². The van der Waals surface area contributed by atoms with Crippen molar-refractivity contribution in [3.05, 3.63) is 30.2 Å². The molecule has 0 aromatic carbocycles. The van der Waals surface area contributed by atoms with E-state index < -0.39 is 10.0 Å². The third-order valence-electron chi connectivity index (χ3n) is 2.09. The fourth-order valence-electron chi connectivity index (χ4n) is 1.31. The number of nitrogens with zero attached hydrogens (tertiary/aromatic N) is 2. The molecule has 2 aromatic heterocycles. The minimum absolute atomic E-state index is 0.0272. The van der Waals surface area contributed by atoms with Gasteiger partial charge in [-0.1, -0.05) is 5.16 Å². The first-order chi connectivity index (χ1) is 8.53. The Hall–Kier alpha value is -2.13. The van der Waals surface area contributed by atoms with Crippen LogP contribution in [0, 0.1) is 6.92 Å². The molecule has 0 aliphatic rings. The summed E-state index contributed by atoms with van der Waals surface area (Å²) in [6, 6.07) is 2.91. The van der Waals surface area contributed by atoms with Crippen molar-refractivity contribution in [3.8, 4) is 0 Å². The minimum atomic E-state index is -3.83. The van der Waals surface area contributed by atoms with Crippen molar-refractivity contribution in [1.82, 2.24) is 10.1 Å². The van der Waals surface area contributed by atoms with Crippen LogP contribution in [0.2, 0.25) is 0 Å². The van der Waals surface area contributed by atoms with Gasteiger partial charge in [0.05, 0.1) is 11.4 Å². The maximum Gasteiger partial charge on any atom is 0.267 e. The topological polar surface area (TPSA) is 123 Å². The molecule has 0 aliphatic carbocycles. The van der Waals surface area contributed by atoms with E-state index in [1.54, 1.807) is 6.92 Å². The first-order valence-electron chi connectivity index (χ1n) is 4.89. The van der Waals surface area contributed by atoms with Gasteiger partial charge >= 0.3 is 0 Å². The van der Waals surface area contributed by atoms with Crippen LogP contribution in [-0.4, -0.2) is 18.6 Å². The van der Waals surface area contributed by atoms with Crippen LogP contribution in [0.5, 0.6) is 0 Å². The summed E-state index contributed by atoms with van der Waals surface area (Å²) >= 11 is 0. The molecule has 0 amide bonds. The highest BCUT2D eigenvalue weighted by molar-refractivity contribution is 7.92. The normalized spacial score (nSPS) is 11.2. The zero-order valence-corrected chi connectivity index (χ0v) is 10.2. The zero-order valence-electron chi connectivity index (χ0n) is 9.41. The second-order valence-electron chi connectivity index (χ2n) is 3.45. The number of pyridine rings is 1. The summed E-state index contributed by atoms with van der Waals surface area (Å²) in [5.41, 5.74) is 3.08. The number of nitrogens with one attached hydrogen (secondary N) is 2. The summed E-state index contributed by atoms with van der Waals surface area (Å²) in [6.45, 7) is 1.68. The van der Waals surface area contributed by atoms with Crippen LogP contribution in [0.15, 0.2) is 33.9 Å². The lowest BCUT2D eigenvalue weighted by molar-refractivity contribution is 0.430. The Balaban J connectivity index is 2.36. The molecule has 0 unspecified atom stereocenters. The third-order valence-corrected chi connectivity index (χ3v) is 3.47. The van der Waals surface area contributed by atoms with Gasteiger partial charge < -0.3 is 9.95 Å². The quantitative estimate of drug-likeness (QED) is 0.544. The van der Waals surface area contributed by atoms with Crippen LogP contribution < -0.4 is 16.0 Å². The highest BCUT2D eigenvalue weighted by atomic mass is 32.2. The van der Waals surface area contributed by atoms with Crippen LogP contribution in [0.1, 0.15) is 5.69 Å². The van der Waals surface area contributed by atoms with Gasteiger partial charge in [0, 0.05) is 18.5 Å². The summed E-state index contributed by atoms with van der Waals surface area (Å²) < 4.78 is 31.1. The molecule has 0 aliphatic heterocycles. The molecule has 2 aromatic rings. The highest BCUT2D eigenvalue weighted by Crippen LogP contribution is 2.21. The Labute approximate surface area is 103 Å². The molecule has 0 spiro atoms. The number of rotatable bonds is 4. The maximum atomic E-state index is 12.1. The molecule has 96 valence electrons. The molecule has 0 bridgehead atoms. The molecule has 0 saturated heterocycles. The molecule has 2 heterocycles. The Bertz CT molecular complexity index is 652. The molecule has 9 heteroatoms. The molecule has 8 nitrogen and oxygen atoms in total. The average Bonchev–Trinajstić information content (AvgIpc) is 2.74. The lowest BCUT2D eigenvalue weighted by Crippen LogP contribution is -2.17. The second-order valence-corrected chi connectivity index (χ2v) is 5.11. The summed E-state index contributed by atoms with van der Waals surface area (Å²) in [6.07, 6.45) is 2.60. The van der Waals surface area contributed by atoms with Crippen LogP contribution in [0.4, 0.5) is 11.6 Å². The predicted octanol–water partition coefficient (Wildman–Crippen LogP) is 0.464. The highest BCUT2D eigenvalue weighted by Gasteiger charge is 2.20. The lowest BCUT2D eigenvalue weighted by atomic mass is 10.4. The van der Waals surface area contributed by atoms with Crippen molar-refractivity contribution < 1.29 is 12.9 Å². The second kappa shape index (κ2) is 4.63. The van der Waals surface area contributed by atoms with E-state index in [-0.39, 0.29) is 16.5 Å². The smallest absolute Gasteiger partial charge is 0.267 e. The number of hydrogen-bond donors (Lipinski definition) is 3. The monoisotopic (exact) mass is 269 g/mol. The van der Waals surface area contributed by atoms with Crippen LogP contribution >= 0.6 is 0 Å². The predicted molar refractivity (Wildman–Crippen MR) is 64.1 cm³/mol. The zero-order chi connectivity index (χ0) is 13.2. The van der Waals surface area contributed by atoms with Crippen molar-refractivity contribution >= 4 is 21.6 Å². The Morgan fingerprint density at radius 2 is 2.22 bits per heavy atom. The summed E-state index contributed by atoms with van der Waals surface area (Å²) in [5.74, 6) is 5.27. The van der Waals surface area contributed by atoms with Crippen molar-refractivity contribution in [2.45, 2.75) is 11.8 Å². The molecule has 0 fully saturated rings. The number of hydrogen-bond acceptors (Lipinski definition) is 7. The number of sulfonamides is 1. The molecule has 0 atom stereocenters. The number of aromatic nitrogens is 2.